The number of nitrogens with two attached hydrogens (primary N) is 1. The van der Waals surface area contributed by atoms with Crippen LogP contribution in [-0.4, -0.2) is 29.3 Å². The second-order valence-corrected chi connectivity index (χ2v) is 2.18. The van der Waals surface area contributed by atoms with Crippen LogP contribution < -0.4 is 10.6 Å². The third kappa shape index (κ3) is 2.36. The van der Waals surface area contributed by atoms with Gasteiger partial charge in [0.05, 0.1) is 6.54 Å². The molecular formula is C5H12ClN5. The van der Waals surface area contributed by atoms with Crippen molar-refractivity contribution in [2.75, 3.05) is 19.0 Å². The molecule has 1 aromatic rings. The fourth-order valence-corrected chi connectivity index (χ4v) is 0.577. The summed E-state index contributed by atoms with van der Waals surface area (Å²) in [6.07, 6.45) is 0. The highest BCUT2D eigenvalue weighted by atomic mass is 35.5. The van der Waals surface area contributed by atoms with Crippen LogP contribution in [0.2, 0.25) is 0 Å². The van der Waals surface area contributed by atoms with Crippen molar-refractivity contribution in [3.05, 3.63) is 5.82 Å². The van der Waals surface area contributed by atoms with Gasteiger partial charge in [0.25, 0.3) is 0 Å². The topological polar surface area (TPSA) is 70.8 Å². The molecule has 0 saturated heterocycles. The molecule has 0 unspecified atom stereocenters. The summed E-state index contributed by atoms with van der Waals surface area (Å²) < 4.78 is 0. The molecule has 3 N–H and O–H groups in total. The molecule has 0 amide bonds. The minimum Gasteiger partial charge on any atom is -0.346 e. The normalized spacial score (nSPS) is 9.00. The zero-order chi connectivity index (χ0) is 7.56. The van der Waals surface area contributed by atoms with E-state index in [1.807, 2.05) is 19.0 Å². The molecule has 0 aliphatic heterocycles. The molecule has 1 aromatic heterocycles. The smallest absolute Gasteiger partial charge is 0.244 e. The van der Waals surface area contributed by atoms with Crippen molar-refractivity contribution in [3.63, 3.8) is 0 Å². The molecule has 64 valence electrons. The first-order valence-electron chi connectivity index (χ1n) is 3.02. The maximum absolute atomic E-state index is 5.31. The van der Waals surface area contributed by atoms with Crippen LogP contribution in [0.25, 0.3) is 0 Å². The van der Waals surface area contributed by atoms with Crippen LogP contribution in [0, 0.1) is 0 Å². The van der Waals surface area contributed by atoms with Gasteiger partial charge in [0, 0.05) is 14.1 Å². The minimum absolute atomic E-state index is 0. The molecule has 0 bridgehead atoms. The van der Waals surface area contributed by atoms with Gasteiger partial charge in [-0.25, -0.2) is 0 Å². The van der Waals surface area contributed by atoms with Gasteiger partial charge in [-0.05, 0) is 0 Å². The number of H-pyrrole nitrogens is 1. The molecule has 11 heavy (non-hydrogen) atoms. The highest BCUT2D eigenvalue weighted by Gasteiger charge is 2.00. The average molecular weight is 178 g/mol. The van der Waals surface area contributed by atoms with E-state index in [2.05, 4.69) is 15.2 Å². The molecule has 6 heteroatoms. The quantitative estimate of drug-likeness (QED) is 0.654. The van der Waals surface area contributed by atoms with Crippen LogP contribution in [0.1, 0.15) is 5.82 Å². The van der Waals surface area contributed by atoms with Gasteiger partial charge in [0.1, 0.15) is 5.82 Å². The van der Waals surface area contributed by atoms with Crippen LogP contribution in [0.3, 0.4) is 0 Å². The lowest BCUT2D eigenvalue weighted by molar-refractivity contribution is 0.916. The van der Waals surface area contributed by atoms with Crippen molar-refractivity contribution in [3.8, 4) is 0 Å². The second kappa shape index (κ2) is 4.15. The molecule has 0 fully saturated rings. The molecule has 0 aromatic carbocycles. The molecule has 0 aliphatic carbocycles. The van der Waals surface area contributed by atoms with Gasteiger partial charge in [0.15, 0.2) is 0 Å². The van der Waals surface area contributed by atoms with Crippen molar-refractivity contribution in [1.29, 1.82) is 0 Å². The predicted octanol–water partition coefficient (Wildman–Crippen LogP) is -0.249. The van der Waals surface area contributed by atoms with Crippen molar-refractivity contribution < 1.29 is 0 Å². The number of hydrogen-bond acceptors (Lipinski definition) is 4. The van der Waals surface area contributed by atoms with Gasteiger partial charge in [-0.1, -0.05) is 0 Å². The number of nitrogens with one attached hydrogen (secondary N) is 1. The fraction of sp³-hybridized carbons (Fsp3) is 0.600. The van der Waals surface area contributed by atoms with Crippen LogP contribution in [0.15, 0.2) is 0 Å². The summed E-state index contributed by atoms with van der Waals surface area (Å²) in [4.78, 5) is 5.88. The average Bonchev–Trinajstić information content (AvgIpc) is 2.34. The van der Waals surface area contributed by atoms with E-state index in [4.69, 9.17) is 5.73 Å². The third-order valence-electron chi connectivity index (χ3n) is 1.11. The SMILES string of the molecule is CN(C)c1n[nH]c(CN)n1.Cl. The van der Waals surface area contributed by atoms with Gasteiger partial charge in [-0.2, -0.15) is 4.98 Å². The summed E-state index contributed by atoms with van der Waals surface area (Å²) in [5.41, 5.74) is 5.31. The molecule has 0 saturated carbocycles. The number of anilines is 1. The molecule has 0 spiro atoms. The van der Waals surface area contributed by atoms with E-state index in [1.54, 1.807) is 0 Å². The Morgan fingerprint density at radius 1 is 1.55 bits per heavy atom. The van der Waals surface area contributed by atoms with Crippen LogP contribution in [0.5, 0.6) is 0 Å². The Bertz CT molecular complexity index is 208. The summed E-state index contributed by atoms with van der Waals surface area (Å²) in [6.45, 7) is 0.404. The lowest BCUT2D eigenvalue weighted by Crippen LogP contribution is -2.10. The molecule has 1 rings (SSSR count). The first kappa shape index (κ1) is 10.2. The number of aromatic amines is 1. The van der Waals surface area contributed by atoms with E-state index < -0.39 is 0 Å². The van der Waals surface area contributed by atoms with Crippen LogP contribution in [0.4, 0.5) is 5.95 Å². The van der Waals surface area contributed by atoms with Crippen LogP contribution >= 0.6 is 12.4 Å². The van der Waals surface area contributed by atoms with E-state index in [0.717, 1.165) is 0 Å². The maximum Gasteiger partial charge on any atom is 0.244 e. The van der Waals surface area contributed by atoms with Gasteiger partial charge in [-0.3, -0.25) is 5.10 Å². The Morgan fingerprint density at radius 2 is 2.18 bits per heavy atom. The Labute approximate surface area is 71.4 Å². The fourth-order valence-electron chi connectivity index (χ4n) is 0.577. The monoisotopic (exact) mass is 177 g/mol. The van der Waals surface area contributed by atoms with E-state index in [-0.39, 0.29) is 12.4 Å². The predicted molar refractivity (Wildman–Crippen MR) is 45.8 cm³/mol. The Kier molecular flexibility index (Phi) is 3.84. The highest BCUT2D eigenvalue weighted by Crippen LogP contribution is 1.99. The summed E-state index contributed by atoms with van der Waals surface area (Å²) in [6, 6.07) is 0. The number of hydrogen-bond donors (Lipinski definition) is 2. The van der Waals surface area contributed by atoms with Crippen molar-refractivity contribution in [1.82, 2.24) is 15.2 Å². The maximum atomic E-state index is 5.31. The minimum atomic E-state index is 0. The molecule has 0 atom stereocenters. The standard InChI is InChI=1S/C5H11N5.ClH/c1-10(2)5-7-4(3-6)8-9-5;/h3,6H2,1-2H3,(H,7,8,9);1H. The molecular weight excluding hydrogens is 166 g/mol. The summed E-state index contributed by atoms with van der Waals surface area (Å²) >= 11 is 0. The Balaban J connectivity index is 0.000001000. The van der Waals surface area contributed by atoms with Crippen molar-refractivity contribution in [2.45, 2.75) is 6.54 Å². The zero-order valence-electron chi connectivity index (χ0n) is 6.53. The van der Waals surface area contributed by atoms with Gasteiger partial charge in [0.2, 0.25) is 5.95 Å². The summed E-state index contributed by atoms with van der Waals surface area (Å²) in [5.74, 6) is 1.38. The number of halogens is 1. The van der Waals surface area contributed by atoms with Crippen molar-refractivity contribution >= 4 is 18.4 Å². The Hall–Kier alpha value is -0.810. The second-order valence-electron chi connectivity index (χ2n) is 2.18. The number of rotatable bonds is 2. The van der Waals surface area contributed by atoms with E-state index >= 15 is 0 Å². The molecule has 5 nitrogen and oxygen atoms in total. The van der Waals surface area contributed by atoms with Gasteiger partial charge >= 0.3 is 0 Å². The zero-order valence-corrected chi connectivity index (χ0v) is 7.35. The highest BCUT2D eigenvalue weighted by molar-refractivity contribution is 5.85. The lowest BCUT2D eigenvalue weighted by atomic mass is 10.6. The van der Waals surface area contributed by atoms with E-state index in [1.165, 1.54) is 0 Å². The molecule has 1 heterocycles. The lowest BCUT2D eigenvalue weighted by Gasteiger charge is -2.03. The summed E-state index contributed by atoms with van der Waals surface area (Å²) in [7, 11) is 3.76. The van der Waals surface area contributed by atoms with E-state index in [0.29, 0.717) is 18.3 Å². The largest absolute Gasteiger partial charge is 0.346 e. The van der Waals surface area contributed by atoms with Crippen molar-refractivity contribution in [2.24, 2.45) is 5.73 Å². The first-order valence-corrected chi connectivity index (χ1v) is 3.02. The third-order valence-corrected chi connectivity index (χ3v) is 1.11. The first-order chi connectivity index (χ1) is 4.74. The van der Waals surface area contributed by atoms with Gasteiger partial charge in [-0.15, -0.1) is 17.5 Å². The number of aromatic nitrogens is 3. The molecule has 0 radical (unpaired) electrons. The summed E-state index contributed by atoms with van der Waals surface area (Å²) in [5, 5.41) is 6.61. The van der Waals surface area contributed by atoms with Crippen LogP contribution in [-0.2, 0) is 6.54 Å². The number of nitrogens with zero attached hydrogens (tertiary/aromatic N) is 3. The van der Waals surface area contributed by atoms with Gasteiger partial charge < -0.3 is 10.6 Å². The molecule has 0 aliphatic rings. The Morgan fingerprint density at radius 3 is 2.45 bits per heavy atom. The van der Waals surface area contributed by atoms with E-state index in [9.17, 15) is 0 Å².